The Morgan fingerprint density at radius 1 is 0.812 bits per heavy atom. The zero-order valence-electron chi connectivity index (χ0n) is 8.94. The molecule has 0 saturated carbocycles. The van der Waals surface area contributed by atoms with Crippen molar-refractivity contribution in [1.29, 1.82) is 0 Å². The van der Waals surface area contributed by atoms with Crippen LogP contribution in [0.3, 0.4) is 0 Å². The highest BCUT2D eigenvalue weighted by Gasteiger charge is 2.36. The van der Waals surface area contributed by atoms with Crippen LogP contribution in [0.5, 0.6) is 0 Å². The third-order valence-corrected chi connectivity index (χ3v) is 2.06. The summed E-state index contributed by atoms with van der Waals surface area (Å²) in [6.07, 6.45) is -8.90. The zero-order chi connectivity index (χ0) is 13.0. The van der Waals surface area contributed by atoms with E-state index < -0.39 is 42.1 Å². The first kappa shape index (κ1) is 15.1. The molecule has 0 saturated heterocycles. The molecular weight excluding hydrogens is 220 g/mol. The second-order valence-electron chi connectivity index (χ2n) is 3.57. The first-order chi connectivity index (χ1) is 7.20. The molecule has 0 aromatic heterocycles. The number of hydrogen-bond acceptors (Lipinski definition) is 7. The van der Waals surface area contributed by atoms with Gasteiger partial charge in [-0.25, -0.2) is 0 Å². The molecule has 0 bridgehead atoms. The van der Waals surface area contributed by atoms with Crippen molar-refractivity contribution in [3.8, 4) is 0 Å². The van der Waals surface area contributed by atoms with E-state index in [0.29, 0.717) is 0 Å². The number of ketones is 2. The van der Waals surface area contributed by atoms with Gasteiger partial charge in [0.25, 0.3) is 0 Å². The van der Waals surface area contributed by atoms with Gasteiger partial charge in [0.15, 0.2) is 0 Å². The minimum Gasteiger partial charge on any atom is -0.391 e. The lowest BCUT2D eigenvalue weighted by molar-refractivity contribution is -0.155. The van der Waals surface area contributed by atoms with E-state index in [-0.39, 0.29) is 0 Å². The van der Waals surface area contributed by atoms with Crippen LogP contribution in [0.1, 0.15) is 13.8 Å². The van der Waals surface area contributed by atoms with Gasteiger partial charge in [0.05, 0.1) is 6.10 Å². The average molecular weight is 236 g/mol. The average Bonchev–Trinajstić information content (AvgIpc) is 2.23. The van der Waals surface area contributed by atoms with Crippen molar-refractivity contribution in [1.82, 2.24) is 0 Å². The van der Waals surface area contributed by atoms with Crippen LogP contribution in [0.15, 0.2) is 0 Å². The molecule has 0 spiro atoms. The van der Waals surface area contributed by atoms with Gasteiger partial charge in [-0.2, -0.15) is 0 Å². The van der Waals surface area contributed by atoms with E-state index in [1.807, 2.05) is 0 Å². The van der Waals surface area contributed by atoms with Crippen molar-refractivity contribution < 1.29 is 35.1 Å². The van der Waals surface area contributed by atoms with Crippen molar-refractivity contribution in [3.63, 3.8) is 0 Å². The van der Waals surface area contributed by atoms with E-state index in [2.05, 4.69) is 0 Å². The van der Waals surface area contributed by atoms with Gasteiger partial charge in [-0.15, -0.1) is 0 Å². The third-order valence-electron chi connectivity index (χ3n) is 2.06. The summed E-state index contributed by atoms with van der Waals surface area (Å²) in [4.78, 5) is 22.1. The number of hydrogen-bond donors (Lipinski definition) is 5. The SMILES string of the molecule is CC(O)C(=O)C(=O)[C@@H](O)[C@H](O)[C@H](O)[C@H](C)O. The smallest absolute Gasteiger partial charge is 0.232 e. The highest BCUT2D eigenvalue weighted by atomic mass is 16.4. The lowest BCUT2D eigenvalue weighted by atomic mass is 9.97. The van der Waals surface area contributed by atoms with Gasteiger partial charge in [-0.05, 0) is 13.8 Å². The highest BCUT2D eigenvalue weighted by Crippen LogP contribution is 2.07. The van der Waals surface area contributed by atoms with Gasteiger partial charge in [-0.1, -0.05) is 0 Å². The Bertz CT molecular complexity index is 261. The van der Waals surface area contributed by atoms with E-state index in [9.17, 15) is 19.8 Å². The second kappa shape index (κ2) is 6.02. The van der Waals surface area contributed by atoms with Gasteiger partial charge in [0.2, 0.25) is 11.6 Å². The number of Topliss-reactive ketones (excluding diaryl/α,β-unsaturated/α-hetero) is 2. The Kier molecular flexibility index (Phi) is 5.70. The van der Waals surface area contributed by atoms with Crippen LogP contribution < -0.4 is 0 Å². The van der Waals surface area contributed by atoms with Gasteiger partial charge >= 0.3 is 0 Å². The molecule has 94 valence electrons. The van der Waals surface area contributed by atoms with E-state index in [1.54, 1.807) is 0 Å². The molecule has 0 aliphatic carbocycles. The van der Waals surface area contributed by atoms with Gasteiger partial charge < -0.3 is 25.5 Å². The van der Waals surface area contributed by atoms with Crippen LogP contribution in [0, 0.1) is 0 Å². The Balaban J connectivity index is 4.61. The fraction of sp³-hybridized carbons (Fsp3) is 0.778. The maximum Gasteiger partial charge on any atom is 0.232 e. The fourth-order valence-electron chi connectivity index (χ4n) is 0.979. The minimum absolute atomic E-state index is 1.03. The molecule has 0 rings (SSSR count). The number of aliphatic hydroxyl groups is 5. The Hall–Kier alpha value is -0.860. The van der Waals surface area contributed by atoms with Crippen molar-refractivity contribution in [3.05, 3.63) is 0 Å². The standard InChI is InChI=1S/C9H16O7/c1-3(10)5(12)7(14)9(16)8(15)6(13)4(2)11/h3-5,7,9-12,14,16H,1-2H3/t3-,4?,5+,7+,9-/m0/s1. The van der Waals surface area contributed by atoms with Gasteiger partial charge in [-0.3, -0.25) is 9.59 Å². The molecule has 0 aromatic carbocycles. The summed E-state index contributed by atoms with van der Waals surface area (Å²) in [6, 6.07) is 0. The molecule has 5 atom stereocenters. The second-order valence-corrected chi connectivity index (χ2v) is 3.57. The molecule has 0 aromatic rings. The van der Waals surface area contributed by atoms with Crippen LogP contribution in [-0.2, 0) is 9.59 Å². The Labute approximate surface area is 92.0 Å². The molecule has 7 heteroatoms. The van der Waals surface area contributed by atoms with Crippen LogP contribution in [0.25, 0.3) is 0 Å². The van der Waals surface area contributed by atoms with Crippen LogP contribution >= 0.6 is 0 Å². The van der Waals surface area contributed by atoms with E-state index in [0.717, 1.165) is 13.8 Å². The molecule has 1 unspecified atom stereocenters. The highest BCUT2D eigenvalue weighted by molar-refractivity contribution is 6.40. The Morgan fingerprint density at radius 2 is 1.25 bits per heavy atom. The van der Waals surface area contributed by atoms with Crippen LogP contribution in [0.4, 0.5) is 0 Å². The number of carbonyl (C=O) groups excluding carboxylic acids is 2. The van der Waals surface area contributed by atoms with Gasteiger partial charge in [0, 0.05) is 0 Å². The predicted molar refractivity (Wildman–Crippen MR) is 51.4 cm³/mol. The first-order valence-electron chi connectivity index (χ1n) is 4.68. The summed E-state index contributed by atoms with van der Waals surface area (Å²) in [5, 5.41) is 45.3. The summed E-state index contributed by atoms with van der Waals surface area (Å²) < 4.78 is 0. The molecule has 0 fully saturated rings. The van der Waals surface area contributed by atoms with E-state index in [1.165, 1.54) is 0 Å². The topological polar surface area (TPSA) is 135 Å². The lowest BCUT2D eigenvalue weighted by Crippen LogP contribution is -2.49. The minimum atomic E-state index is -2.17. The molecule has 7 nitrogen and oxygen atoms in total. The normalized spacial score (nSPS) is 20.7. The van der Waals surface area contributed by atoms with Crippen molar-refractivity contribution in [2.24, 2.45) is 0 Å². The molecular formula is C9H16O7. The van der Waals surface area contributed by atoms with E-state index in [4.69, 9.17) is 15.3 Å². The largest absolute Gasteiger partial charge is 0.391 e. The maximum absolute atomic E-state index is 11.1. The molecule has 0 aliphatic rings. The van der Waals surface area contributed by atoms with Crippen LogP contribution in [-0.4, -0.2) is 67.6 Å². The van der Waals surface area contributed by atoms with E-state index >= 15 is 0 Å². The summed E-state index contributed by atoms with van der Waals surface area (Å²) in [5.74, 6) is -2.69. The zero-order valence-corrected chi connectivity index (χ0v) is 8.94. The quantitative estimate of drug-likeness (QED) is 0.309. The fourth-order valence-corrected chi connectivity index (χ4v) is 0.979. The van der Waals surface area contributed by atoms with Crippen molar-refractivity contribution in [2.45, 2.75) is 44.4 Å². The van der Waals surface area contributed by atoms with Crippen LogP contribution in [0.2, 0.25) is 0 Å². The number of aliphatic hydroxyl groups excluding tert-OH is 5. The number of rotatable bonds is 6. The molecule has 16 heavy (non-hydrogen) atoms. The lowest BCUT2D eigenvalue weighted by Gasteiger charge is -2.23. The molecule has 0 amide bonds. The molecule has 0 heterocycles. The molecule has 0 aliphatic heterocycles. The molecule has 0 radical (unpaired) electrons. The summed E-state index contributed by atoms with van der Waals surface area (Å²) in [6.45, 7) is 2.17. The number of carbonyl (C=O) groups is 2. The predicted octanol–water partition coefficient (Wildman–Crippen LogP) is -3.03. The van der Waals surface area contributed by atoms with Crippen molar-refractivity contribution >= 4 is 11.6 Å². The summed E-state index contributed by atoms with van der Waals surface area (Å²) in [7, 11) is 0. The monoisotopic (exact) mass is 236 g/mol. The molecule has 5 N–H and O–H groups in total. The Morgan fingerprint density at radius 3 is 1.56 bits per heavy atom. The van der Waals surface area contributed by atoms with Crippen molar-refractivity contribution in [2.75, 3.05) is 0 Å². The first-order valence-corrected chi connectivity index (χ1v) is 4.68. The maximum atomic E-state index is 11.1. The summed E-state index contributed by atoms with van der Waals surface area (Å²) in [5.41, 5.74) is 0. The van der Waals surface area contributed by atoms with Gasteiger partial charge in [0.1, 0.15) is 24.4 Å². The summed E-state index contributed by atoms with van der Waals surface area (Å²) >= 11 is 0. The third kappa shape index (κ3) is 3.62.